The number of hydrogen-bond acceptors (Lipinski definition) is 2. The normalized spacial score (nSPS) is 11.2. The van der Waals surface area contributed by atoms with E-state index in [-0.39, 0.29) is 0 Å². The molecule has 0 atom stereocenters. The molecule has 2 nitrogen and oxygen atoms in total. The van der Waals surface area contributed by atoms with Crippen LogP contribution in [0, 0.1) is 0 Å². The van der Waals surface area contributed by atoms with Crippen molar-refractivity contribution in [3.8, 4) is 0 Å². The third kappa shape index (κ3) is 4.46. The van der Waals surface area contributed by atoms with Crippen LogP contribution in [0.25, 0.3) is 0 Å². The fraction of sp³-hybridized carbons (Fsp3) is 0.300. The average Bonchev–Trinajstić information content (AvgIpc) is 2.59. The van der Waals surface area contributed by atoms with E-state index in [1.165, 1.54) is 5.56 Å². The van der Waals surface area contributed by atoms with Gasteiger partial charge in [-0.1, -0.05) is 73.5 Å². The number of unbranched alkanes of at least 4 members (excludes halogenated alkanes) is 2. The lowest BCUT2D eigenvalue weighted by molar-refractivity contribution is -0.126. The van der Waals surface area contributed by atoms with Crippen LogP contribution >= 0.6 is 23.2 Å². The molecule has 0 spiro atoms. The van der Waals surface area contributed by atoms with E-state index in [9.17, 15) is 9.59 Å². The predicted octanol–water partition coefficient (Wildman–Crippen LogP) is 5.26. The van der Waals surface area contributed by atoms with Gasteiger partial charge in [0, 0.05) is 0 Å². The summed E-state index contributed by atoms with van der Waals surface area (Å²) in [6.07, 6.45) is 3.90. The van der Waals surface area contributed by atoms with Crippen molar-refractivity contribution in [3.05, 3.63) is 71.8 Å². The second kappa shape index (κ2) is 9.00. The predicted molar refractivity (Wildman–Crippen MR) is 98.5 cm³/mol. The molecule has 0 aliphatic heterocycles. The first-order valence-corrected chi connectivity index (χ1v) is 8.82. The molecule has 0 aromatic heterocycles. The van der Waals surface area contributed by atoms with Crippen LogP contribution < -0.4 is 0 Å². The zero-order valence-electron chi connectivity index (χ0n) is 13.4. The van der Waals surface area contributed by atoms with Crippen LogP contribution in [0.4, 0.5) is 0 Å². The molecule has 0 fully saturated rings. The molecule has 0 radical (unpaired) electrons. The molecule has 2 rings (SSSR count). The maximum Gasteiger partial charge on any atom is 0.241 e. The molecular weight excluding hydrogens is 343 g/mol. The molecule has 2 aromatic rings. The number of halogens is 2. The van der Waals surface area contributed by atoms with Gasteiger partial charge in [0.05, 0.1) is 0 Å². The molecule has 0 N–H and O–H groups in total. The second-order valence-corrected chi connectivity index (χ2v) is 6.55. The highest BCUT2D eigenvalue weighted by Gasteiger charge is 2.44. The van der Waals surface area contributed by atoms with Gasteiger partial charge in [-0.3, -0.25) is 9.59 Å². The molecule has 0 aliphatic carbocycles. The van der Waals surface area contributed by atoms with Gasteiger partial charge in [-0.25, -0.2) is 0 Å². The van der Waals surface area contributed by atoms with Gasteiger partial charge in [0.15, 0.2) is 0 Å². The molecule has 0 bridgehead atoms. The Morgan fingerprint density at radius 3 is 1.83 bits per heavy atom. The Balaban J connectivity index is 1.99. The molecule has 0 heterocycles. The molecule has 0 amide bonds. The van der Waals surface area contributed by atoms with Crippen molar-refractivity contribution in [2.24, 2.45) is 0 Å². The summed E-state index contributed by atoms with van der Waals surface area (Å²) in [5.41, 5.74) is 0.402. The minimum atomic E-state index is -1.45. The van der Waals surface area contributed by atoms with Crippen molar-refractivity contribution in [3.63, 3.8) is 0 Å². The highest BCUT2D eigenvalue weighted by Crippen LogP contribution is 2.35. The zero-order chi connectivity index (χ0) is 17.4. The maximum atomic E-state index is 12.1. The summed E-state index contributed by atoms with van der Waals surface area (Å²) in [5, 5.41) is -1.42. The number of rotatable bonds is 9. The first kappa shape index (κ1) is 18.7. The van der Waals surface area contributed by atoms with Crippen LogP contribution in [-0.2, 0) is 21.4 Å². The van der Waals surface area contributed by atoms with Gasteiger partial charge >= 0.3 is 0 Å². The fourth-order valence-corrected chi connectivity index (χ4v) is 3.54. The highest BCUT2D eigenvalue weighted by molar-refractivity contribution is 6.76. The lowest BCUT2D eigenvalue weighted by Crippen LogP contribution is -2.39. The Kier molecular flexibility index (Phi) is 7.01. The monoisotopic (exact) mass is 362 g/mol. The maximum absolute atomic E-state index is 12.1. The van der Waals surface area contributed by atoms with E-state index in [0.29, 0.717) is 18.4 Å². The summed E-state index contributed by atoms with van der Waals surface area (Å²) in [5.74, 6) is 0. The fourth-order valence-electron chi connectivity index (χ4n) is 2.91. The Morgan fingerprint density at radius 2 is 1.29 bits per heavy atom. The van der Waals surface area contributed by atoms with E-state index < -0.39 is 15.9 Å². The Hall–Kier alpha value is -1.64. The third-order valence-electron chi connectivity index (χ3n) is 4.30. The molecular formula is C20H20Cl2O2. The van der Waals surface area contributed by atoms with Crippen LogP contribution in [0.1, 0.15) is 36.8 Å². The summed E-state index contributed by atoms with van der Waals surface area (Å²) < 4.78 is 0. The molecule has 0 unspecified atom stereocenters. The molecule has 0 aliphatic rings. The lowest BCUT2D eigenvalue weighted by Gasteiger charge is -2.26. The van der Waals surface area contributed by atoms with E-state index >= 15 is 0 Å². The van der Waals surface area contributed by atoms with Crippen LogP contribution in [0.3, 0.4) is 0 Å². The van der Waals surface area contributed by atoms with Crippen molar-refractivity contribution >= 4 is 33.7 Å². The summed E-state index contributed by atoms with van der Waals surface area (Å²) in [7, 11) is 0. The highest BCUT2D eigenvalue weighted by atomic mass is 35.5. The molecule has 4 heteroatoms. The minimum absolute atomic E-state index is 0.330. The van der Waals surface area contributed by atoms with Crippen LogP contribution in [0.2, 0.25) is 0 Å². The number of benzene rings is 2. The zero-order valence-corrected chi connectivity index (χ0v) is 14.9. The van der Waals surface area contributed by atoms with Gasteiger partial charge in [0.1, 0.15) is 5.41 Å². The molecule has 0 saturated carbocycles. The standard InChI is InChI=1S/C20H20Cl2O2/c21-18(23)20(19(22)24,17-13-7-2-8-14-17)15-9-3-6-12-16-10-4-1-5-11-16/h1-2,4-5,7-8,10-11,13-14H,3,6,9,12,15H2. The SMILES string of the molecule is O=C(Cl)C(CCCCCc1ccccc1)(C(=O)Cl)c1ccccc1. The van der Waals surface area contributed by atoms with Crippen molar-refractivity contribution in [1.82, 2.24) is 0 Å². The van der Waals surface area contributed by atoms with E-state index in [1.54, 1.807) is 24.3 Å². The number of carbonyl (C=O) groups excluding carboxylic acids is 2. The topological polar surface area (TPSA) is 34.1 Å². The van der Waals surface area contributed by atoms with Gasteiger partial charge < -0.3 is 0 Å². The quantitative estimate of drug-likeness (QED) is 0.346. The summed E-state index contributed by atoms with van der Waals surface area (Å²) in [6, 6.07) is 19.1. The smallest absolute Gasteiger partial charge is 0.241 e. The minimum Gasteiger partial charge on any atom is -0.280 e. The van der Waals surface area contributed by atoms with Crippen molar-refractivity contribution in [2.75, 3.05) is 0 Å². The van der Waals surface area contributed by atoms with Gasteiger partial charge in [0.25, 0.3) is 0 Å². The van der Waals surface area contributed by atoms with Crippen molar-refractivity contribution in [2.45, 2.75) is 37.5 Å². The van der Waals surface area contributed by atoms with Crippen LogP contribution in [0.15, 0.2) is 60.7 Å². The largest absolute Gasteiger partial charge is 0.280 e. The molecule has 126 valence electrons. The molecule has 0 saturated heterocycles. The van der Waals surface area contributed by atoms with E-state index in [4.69, 9.17) is 23.2 Å². The van der Waals surface area contributed by atoms with Gasteiger partial charge in [-0.15, -0.1) is 0 Å². The van der Waals surface area contributed by atoms with Gasteiger partial charge in [-0.05, 0) is 53.6 Å². The Morgan fingerprint density at radius 1 is 0.750 bits per heavy atom. The lowest BCUT2D eigenvalue weighted by atomic mass is 9.78. The first-order chi connectivity index (χ1) is 11.6. The van der Waals surface area contributed by atoms with Crippen molar-refractivity contribution < 1.29 is 9.59 Å². The third-order valence-corrected chi connectivity index (χ3v) is 4.94. The van der Waals surface area contributed by atoms with E-state index in [1.807, 2.05) is 24.3 Å². The molecule has 24 heavy (non-hydrogen) atoms. The van der Waals surface area contributed by atoms with Gasteiger partial charge in [0.2, 0.25) is 10.5 Å². The summed E-state index contributed by atoms with van der Waals surface area (Å²) in [4.78, 5) is 24.1. The number of aryl methyl sites for hydroxylation is 1. The molecule has 2 aromatic carbocycles. The van der Waals surface area contributed by atoms with Crippen molar-refractivity contribution in [1.29, 1.82) is 0 Å². The summed E-state index contributed by atoms with van der Waals surface area (Å²) >= 11 is 11.6. The first-order valence-electron chi connectivity index (χ1n) is 8.06. The number of carbonyl (C=O) groups is 2. The van der Waals surface area contributed by atoms with Gasteiger partial charge in [-0.2, -0.15) is 0 Å². The Labute approximate surface area is 152 Å². The van der Waals surface area contributed by atoms with E-state index in [2.05, 4.69) is 12.1 Å². The van der Waals surface area contributed by atoms with E-state index in [0.717, 1.165) is 19.3 Å². The number of hydrogen-bond donors (Lipinski definition) is 0. The van der Waals surface area contributed by atoms with Crippen LogP contribution in [-0.4, -0.2) is 10.5 Å². The average molecular weight is 363 g/mol. The second-order valence-electron chi connectivity index (χ2n) is 5.87. The Bertz CT molecular complexity index is 655. The summed E-state index contributed by atoms with van der Waals surface area (Å²) in [6.45, 7) is 0. The van der Waals surface area contributed by atoms with Crippen LogP contribution in [0.5, 0.6) is 0 Å².